The summed E-state index contributed by atoms with van der Waals surface area (Å²) in [7, 11) is 0. The average molecular weight is 229 g/mol. The summed E-state index contributed by atoms with van der Waals surface area (Å²) in [6, 6.07) is 13.3. The molecule has 17 heavy (non-hydrogen) atoms. The van der Waals surface area contributed by atoms with Crippen molar-refractivity contribution < 1.29 is 4.39 Å². The van der Waals surface area contributed by atoms with Crippen molar-refractivity contribution in [1.29, 1.82) is 0 Å². The molecule has 0 saturated heterocycles. The summed E-state index contributed by atoms with van der Waals surface area (Å²) < 4.78 is 13.2. The van der Waals surface area contributed by atoms with E-state index in [1.54, 1.807) is 13.0 Å². The van der Waals surface area contributed by atoms with Crippen LogP contribution in [0.1, 0.15) is 24.1 Å². The maximum atomic E-state index is 13.2. The third-order valence-corrected chi connectivity index (χ3v) is 2.93. The monoisotopic (exact) mass is 229 g/mol. The highest BCUT2D eigenvalue weighted by molar-refractivity contribution is 5.64. The van der Waals surface area contributed by atoms with Crippen molar-refractivity contribution in [3.05, 3.63) is 59.4 Å². The van der Waals surface area contributed by atoms with Crippen LogP contribution in [0.15, 0.2) is 42.5 Å². The first kappa shape index (κ1) is 11.8. The van der Waals surface area contributed by atoms with Gasteiger partial charge >= 0.3 is 0 Å². The van der Waals surface area contributed by atoms with Crippen molar-refractivity contribution in [3.63, 3.8) is 0 Å². The Morgan fingerprint density at radius 1 is 1.00 bits per heavy atom. The Bertz CT molecular complexity index is 515. The SMILES string of the molecule is Cc1cc(-c2ccc([C@H](C)N)cc2)ccc1F. The molecule has 0 unspecified atom stereocenters. The molecule has 0 aliphatic carbocycles. The summed E-state index contributed by atoms with van der Waals surface area (Å²) in [6.45, 7) is 3.73. The van der Waals surface area contributed by atoms with Crippen molar-refractivity contribution in [1.82, 2.24) is 0 Å². The molecule has 0 heterocycles. The van der Waals surface area contributed by atoms with E-state index in [1.165, 1.54) is 6.07 Å². The van der Waals surface area contributed by atoms with E-state index in [9.17, 15) is 4.39 Å². The number of benzene rings is 2. The van der Waals surface area contributed by atoms with Gasteiger partial charge in [0.1, 0.15) is 5.82 Å². The van der Waals surface area contributed by atoms with E-state index >= 15 is 0 Å². The minimum absolute atomic E-state index is 0.0407. The van der Waals surface area contributed by atoms with Gasteiger partial charge in [-0.1, -0.05) is 30.3 Å². The molecule has 0 radical (unpaired) electrons. The molecular weight excluding hydrogens is 213 g/mol. The van der Waals surface area contributed by atoms with E-state index in [1.807, 2.05) is 37.3 Å². The van der Waals surface area contributed by atoms with Crippen LogP contribution >= 0.6 is 0 Å². The Balaban J connectivity index is 2.36. The topological polar surface area (TPSA) is 26.0 Å². The van der Waals surface area contributed by atoms with Crippen LogP contribution in [0.5, 0.6) is 0 Å². The Hall–Kier alpha value is -1.67. The molecule has 0 aliphatic heterocycles. The highest BCUT2D eigenvalue weighted by Crippen LogP contribution is 2.23. The van der Waals surface area contributed by atoms with Gasteiger partial charge in [0.2, 0.25) is 0 Å². The van der Waals surface area contributed by atoms with Crippen LogP contribution < -0.4 is 5.73 Å². The molecule has 2 aromatic rings. The van der Waals surface area contributed by atoms with E-state index in [2.05, 4.69) is 0 Å². The van der Waals surface area contributed by atoms with Gasteiger partial charge in [-0.2, -0.15) is 0 Å². The Morgan fingerprint density at radius 2 is 1.59 bits per heavy atom. The second kappa shape index (κ2) is 4.68. The normalized spacial score (nSPS) is 12.5. The molecule has 2 rings (SSSR count). The second-order valence-corrected chi connectivity index (χ2v) is 4.37. The zero-order chi connectivity index (χ0) is 12.4. The van der Waals surface area contributed by atoms with Crippen molar-refractivity contribution in [2.24, 2.45) is 5.73 Å². The maximum absolute atomic E-state index is 13.2. The summed E-state index contributed by atoms with van der Waals surface area (Å²) in [4.78, 5) is 0. The minimum atomic E-state index is -0.166. The molecule has 2 heteroatoms. The third-order valence-electron chi connectivity index (χ3n) is 2.93. The Kier molecular flexibility index (Phi) is 3.25. The van der Waals surface area contributed by atoms with Crippen LogP contribution in [0.4, 0.5) is 4.39 Å². The predicted molar refractivity (Wildman–Crippen MR) is 69.2 cm³/mol. The quantitative estimate of drug-likeness (QED) is 0.832. The fraction of sp³-hybridized carbons (Fsp3) is 0.200. The third kappa shape index (κ3) is 2.53. The van der Waals surface area contributed by atoms with Crippen molar-refractivity contribution in [2.75, 3.05) is 0 Å². The van der Waals surface area contributed by atoms with Crippen molar-refractivity contribution in [2.45, 2.75) is 19.9 Å². The lowest BCUT2D eigenvalue weighted by atomic mass is 10.0. The highest BCUT2D eigenvalue weighted by Gasteiger charge is 2.03. The van der Waals surface area contributed by atoms with Gasteiger partial charge in [0, 0.05) is 6.04 Å². The molecule has 0 saturated carbocycles. The first-order chi connectivity index (χ1) is 8.08. The lowest BCUT2D eigenvalue weighted by Crippen LogP contribution is -2.04. The van der Waals surface area contributed by atoms with Crippen LogP contribution in [0.25, 0.3) is 11.1 Å². The average Bonchev–Trinajstić information content (AvgIpc) is 2.33. The standard InChI is InChI=1S/C15H16FN/c1-10-9-14(7-8-15(10)16)13-5-3-12(4-6-13)11(2)17/h3-9,11H,17H2,1-2H3/t11-/m0/s1. The second-order valence-electron chi connectivity index (χ2n) is 4.37. The van der Waals surface area contributed by atoms with Gasteiger partial charge in [-0.05, 0) is 48.2 Å². The van der Waals surface area contributed by atoms with Gasteiger partial charge in [-0.25, -0.2) is 4.39 Å². The van der Waals surface area contributed by atoms with Gasteiger partial charge in [-0.15, -0.1) is 0 Å². The smallest absolute Gasteiger partial charge is 0.126 e. The zero-order valence-corrected chi connectivity index (χ0v) is 10.1. The molecule has 1 nitrogen and oxygen atoms in total. The fourth-order valence-corrected chi connectivity index (χ4v) is 1.80. The summed E-state index contributed by atoms with van der Waals surface area (Å²) in [5.41, 5.74) is 9.68. The van der Waals surface area contributed by atoms with E-state index in [4.69, 9.17) is 5.73 Å². The molecule has 0 spiro atoms. The van der Waals surface area contributed by atoms with Crippen LogP contribution in [0.3, 0.4) is 0 Å². The van der Waals surface area contributed by atoms with Crippen LogP contribution in [0.2, 0.25) is 0 Å². The molecule has 0 bridgehead atoms. The number of aryl methyl sites for hydroxylation is 1. The van der Waals surface area contributed by atoms with E-state index < -0.39 is 0 Å². The lowest BCUT2D eigenvalue weighted by molar-refractivity contribution is 0.619. The molecule has 0 aromatic heterocycles. The molecule has 88 valence electrons. The molecule has 2 N–H and O–H groups in total. The van der Waals surface area contributed by atoms with Crippen molar-refractivity contribution >= 4 is 0 Å². The maximum Gasteiger partial charge on any atom is 0.126 e. The number of halogens is 1. The van der Waals surface area contributed by atoms with Crippen LogP contribution in [-0.4, -0.2) is 0 Å². The summed E-state index contributed by atoms with van der Waals surface area (Å²) in [5.74, 6) is -0.166. The van der Waals surface area contributed by atoms with Gasteiger partial charge in [0.15, 0.2) is 0 Å². The zero-order valence-electron chi connectivity index (χ0n) is 10.1. The van der Waals surface area contributed by atoms with Crippen LogP contribution in [0, 0.1) is 12.7 Å². The summed E-state index contributed by atoms with van der Waals surface area (Å²) in [6.07, 6.45) is 0. The molecule has 1 atom stereocenters. The van der Waals surface area contributed by atoms with Gasteiger partial charge in [0.05, 0.1) is 0 Å². The minimum Gasteiger partial charge on any atom is -0.324 e. The number of hydrogen-bond acceptors (Lipinski definition) is 1. The largest absolute Gasteiger partial charge is 0.324 e. The van der Waals surface area contributed by atoms with E-state index in [-0.39, 0.29) is 11.9 Å². The van der Waals surface area contributed by atoms with Gasteiger partial charge < -0.3 is 5.73 Å². The molecule has 0 fully saturated rings. The fourth-order valence-electron chi connectivity index (χ4n) is 1.80. The Labute approximate surface area is 101 Å². The summed E-state index contributed by atoms with van der Waals surface area (Å²) >= 11 is 0. The molecule has 2 aromatic carbocycles. The number of rotatable bonds is 2. The first-order valence-corrected chi connectivity index (χ1v) is 5.70. The molecule has 0 aliphatic rings. The summed E-state index contributed by atoms with van der Waals surface area (Å²) in [5, 5.41) is 0. The number of nitrogens with two attached hydrogens (primary N) is 1. The first-order valence-electron chi connectivity index (χ1n) is 5.70. The van der Waals surface area contributed by atoms with Crippen molar-refractivity contribution in [3.8, 4) is 11.1 Å². The lowest BCUT2D eigenvalue weighted by Gasteiger charge is -2.08. The Morgan fingerprint density at radius 3 is 2.12 bits per heavy atom. The molecule has 0 amide bonds. The van der Waals surface area contributed by atoms with Crippen LogP contribution in [-0.2, 0) is 0 Å². The van der Waals surface area contributed by atoms with Gasteiger partial charge in [-0.3, -0.25) is 0 Å². The van der Waals surface area contributed by atoms with E-state index in [0.717, 1.165) is 16.7 Å². The molecular formula is C15H16FN. The predicted octanol–water partition coefficient (Wildman–Crippen LogP) is 3.82. The van der Waals surface area contributed by atoms with E-state index in [0.29, 0.717) is 5.56 Å². The number of hydrogen-bond donors (Lipinski definition) is 1. The van der Waals surface area contributed by atoms with Gasteiger partial charge in [0.25, 0.3) is 0 Å². The highest BCUT2D eigenvalue weighted by atomic mass is 19.1.